The maximum absolute atomic E-state index is 9.33. The van der Waals surface area contributed by atoms with Crippen molar-refractivity contribution in [3.8, 4) is 5.75 Å². The molecule has 18 heavy (non-hydrogen) atoms. The van der Waals surface area contributed by atoms with Crippen LogP contribution >= 0.6 is 0 Å². The molecule has 0 aliphatic rings. The van der Waals surface area contributed by atoms with Gasteiger partial charge in [0.2, 0.25) is 5.75 Å². The van der Waals surface area contributed by atoms with E-state index in [2.05, 4.69) is 20.6 Å². The highest BCUT2D eigenvalue weighted by Crippen LogP contribution is 2.29. The van der Waals surface area contributed by atoms with E-state index >= 15 is 0 Å². The molecule has 0 fully saturated rings. The summed E-state index contributed by atoms with van der Waals surface area (Å²) in [6, 6.07) is -0.0664. The fourth-order valence-corrected chi connectivity index (χ4v) is 1.56. The lowest BCUT2D eigenvalue weighted by atomic mass is 10.1. The molecule has 0 bridgehead atoms. The van der Waals surface area contributed by atoms with Gasteiger partial charge in [0.1, 0.15) is 6.33 Å². The molecule has 1 atom stereocenters. The number of methoxy groups -OCH3 is 1. The van der Waals surface area contributed by atoms with Gasteiger partial charge in [-0.15, -0.1) is 0 Å². The number of nitrogens with one attached hydrogen (secondary N) is 2. The van der Waals surface area contributed by atoms with Crippen LogP contribution in [0.2, 0.25) is 0 Å². The Balaban J connectivity index is 2.97. The fraction of sp³-hybridized carbons (Fsp3) is 0.667. The number of aliphatic hydroxyl groups excluding tert-OH is 1. The lowest BCUT2D eigenvalue weighted by Crippen LogP contribution is -2.30. The maximum Gasteiger partial charge on any atom is 0.204 e. The lowest BCUT2D eigenvalue weighted by Gasteiger charge is -2.22. The van der Waals surface area contributed by atoms with E-state index in [1.54, 1.807) is 7.11 Å². The van der Waals surface area contributed by atoms with Gasteiger partial charge in [-0.25, -0.2) is 9.97 Å². The zero-order valence-electron chi connectivity index (χ0n) is 11.4. The van der Waals surface area contributed by atoms with Crippen LogP contribution in [-0.2, 0) is 0 Å². The van der Waals surface area contributed by atoms with Gasteiger partial charge in [0.15, 0.2) is 11.6 Å². The summed E-state index contributed by atoms with van der Waals surface area (Å²) in [4.78, 5) is 8.29. The van der Waals surface area contributed by atoms with Crippen molar-refractivity contribution in [2.24, 2.45) is 5.92 Å². The van der Waals surface area contributed by atoms with Gasteiger partial charge < -0.3 is 20.5 Å². The van der Waals surface area contributed by atoms with Crippen LogP contribution in [0.1, 0.15) is 20.8 Å². The topological polar surface area (TPSA) is 79.3 Å². The molecule has 0 radical (unpaired) electrons. The van der Waals surface area contributed by atoms with E-state index in [4.69, 9.17) is 4.74 Å². The minimum Gasteiger partial charge on any atom is -0.490 e. The third-order valence-corrected chi connectivity index (χ3v) is 2.68. The predicted octanol–water partition coefficient (Wildman–Crippen LogP) is 1.35. The smallest absolute Gasteiger partial charge is 0.204 e. The molecule has 1 unspecified atom stereocenters. The van der Waals surface area contributed by atoms with Crippen LogP contribution in [0.5, 0.6) is 5.75 Å². The summed E-state index contributed by atoms with van der Waals surface area (Å²) in [7, 11) is 1.58. The number of ether oxygens (including phenoxy) is 1. The molecule has 0 saturated heterocycles. The van der Waals surface area contributed by atoms with Crippen molar-refractivity contribution >= 4 is 11.6 Å². The van der Waals surface area contributed by atoms with Crippen LogP contribution in [0.15, 0.2) is 6.33 Å². The van der Waals surface area contributed by atoms with E-state index in [-0.39, 0.29) is 18.6 Å². The summed E-state index contributed by atoms with van der Waals surface area (Å²) in [5.41, 5.74) is 0. The van der Waals surface area contributed by atoms with E-state index in [1.807, 2.05) is 20.8 Å². The van der Waals surface area contributed by atoms with Gasteiger partial charge >= 0.3 is 0 Å². The Morgan fingerprint density at radius 3 is 2.50 bits per heavy atom. The highest BCUT2D eigenvalue weighted by atomic mass is 16.5. The average molecular weight is 254 g/mol. The molecule has 1 rings (SSSR count). The predicted molar refractivity (Wildman–Crippen MR) is 72.1 cm³/mol. The molecule has 3 N–H and O–H groups in total. The van der Waals surface area contributed by atoms with Crippen LogP contribution in [0.3, 0.4) is 0 Å². The Kier molecular flexibility index (Phi) is 5.64. The van der Waals surface area contributed by atoms with E-state index in [1.165, 1.54) is 6.33 Å². The maximum atomic E-state index is 9.33. The quantitative estimate of drug-likeness (QED) is 0.681. The number of aliphatic hydroxyl groups is 1. The third-order valence-electron chi connectivity index (χ3n) is 2.68. The fourth-order valence-electron chi connectivity index (χ4n) is 1.56. The second kappa shape index (κ2) is 7.00. The highest BCUT2D eigenvalue weighted by Gasteiger charge is 2.17. The second-order valence-electron chi connectivity index (χ2n) is 4.31. The molecular weight excluding hydrogens is 232 g/mol. The minimum absolute atomic E-state index is 0.0430. The number of rotatable bonds is 7. The lowest BCUT2D eigenvalue weighted by molar-refractivity contribution is 0.248. The molecule has 0 aliphatic carbocycles. The first-order valence-corrected chi connectivity index (χ1v) is 6.14. The highest BCUT2D eigenvalue weighted by molar-refractivity contribution is 5.63. The van der Waals surface area contributed by atoms with E-state index < -0.39 is 0 Å². The standard InChI is InChI=1S/C12H22N4O2/c1-5-13-11-10(18-4)12(15-7-14-11)16-9(6-17)8(2)3/h7-9,17H,5-6H2,1-4H3,(H2,13,14,15,16). The van der Waals surface area contributed by atoms with Crippen LogP contribution < -0.4 is 15.4 Å². The number of aromatic nitrogens is 2. The second-order valence-corrected chi connectivity index (χ2v) is 4.31. The van der Waals surface area contributed by atoms with Crippen molar-refractivity contribution in [2.45, 2.75) is 26.8 Å². The van der Waals surface area contributed by atoms with Crippen LogP contribution in [0, 0.1) is 5.92 Å². The Morgan fingerprint density at radius 1 is 1.33 bits per heavy atom. The van der Waals surface area contributed by atoms with Crippen molar-refractivity contribution in [1.82, 2.24) is 9.97 Å². The van der Waals surface area contributed by atoms with Gasteiger partial charge in [0, 0.05) is 6.54 Å². The average Bonchev–Trinajstić information content (AvgIpc) is 2.36. The molecule has 1 heterocycles. The van der Waals surface area contributed by atoms with E-state index in [0.717, 1.165) is 6.54 Å². The van der Waals surface area contributed by atoms with Gasteiger partial charge in [0.25, 0.3) is 0 Å². The summed E-state index contributed by atoms with van der Waals surface area (Å²) in [6.07, 6.45) is 1.47. The first-order chi connectivity index (χ1) is 8.63. The number of nitrogens with zero attached hydrogens (tertiary/aromatic N) is 2. The van der Waals surface area contributed by atoms with Gasteiger partial charge in [-0.2, -0.15) is 0 Å². The first kappa shape index (κ1) is 14.5. The molecule has 6 nitrogen and oxygen atoms in total. The largest absolute Gasteiger partial charge is 0.490 e. The molecule has 0 aromatic carbocycles. The normalized spacial score (nSPS) is 12.3. The Labute approximate surface area is 108 Å². The van der Waals surface area contributed by atoms with E-state index in [0.29, 0.717) is 17.4 Å². The summed E-state index contributed by atoms with van der Waals surface area (Å²) in [6.45, 7) is 6.85. The minimum atomic E-state index is -0.0664. The summed E-state index contributed by atoms with van der Waals surface area (Å²) < 4.78 is 5.32. The molecule has 0 saturated carbocycles. The molecule has 6 heteroatoms. The Morgan fingerprint density at radius 2 is 2.00 bits per heavy atom. The molecule has 1 aromatic heterocycles. The van der Waals surface area contributed by atoms with Gasteiger partial charge in [-0.1, -0.05) is 13.8 Å². The van der Waals surface area contributed by atoms with Crippen molar-refractivity contribution in [3.05, 3.63) is 6.33 Å². The Bertz CT molecular complexity index is 371. The summed E-state index contributed by atoms with van der Waals surface area (Å²) in [5.74, 6) is 2.10. The van der Waals surface area contributed by atoms with Gasteiger partial charge in [0.05, 0.1) is 19.8 Å². The zero-order chi connectivity index (χ0) is 13.5. The molecule has 1 aromatic rings. The third kappa shape index (κ3) is 3.46. The van der Waals surface area contributed by atoms with Crippen LogP contribution in [0.4, 0.5) is 11.6 Å². The number of anilines is 2. The molecule has 102 valence electrons. The van der Waals surface area contributed by atoms with Gasteiger partial charge in [-0.05, 0) is 12.8 Å². The number of hydrogen-bond acceptors (Lipinski definition) is 6. The van der Waals surface area contributed by atoms with Crippen molar-refractivity contribution in [3.63, 3.8) is 0 Å². The van der Waals surface area contributed by atoms with E-state index in [9.17, 15) is 5.11 Å². The molecule has 0 aliphatic heterocycles. The number of hydrogen-bond donors (Lipinski definition) is 3. The van der Waals surface area contributed by atoms with Crippen molar-refractivity contribution < 1.29 is 9.84 Å². The van der Waals surface area contributed by atoms with Crippen LogP contribution in [0.25, 0.3) is 0 Å². The SMILES string of the molecule is CCNc1ncnc(NC(CO)C(C)C)c1OC. The molecule has 0 spiro atoms. The zero-order valence-corrected chi connectivity index (χ0v) is 11.4. The monoisotopic (exact) mass is 254 g/mol. The molecular formula is C12H22N4O2. The van der Waals surface area contributed by atoms with Crippen LogP contribution in [-0.4, -0.2) is 41.4 Å². The Hall–Kier alpha value is -1.56. The molecule has 0 amide bonds. The summed E-state index contributed by atoms with van der Waals surface area (Å²) >= 11 is 0. The summed E-state index contributed by atoms with van der Waals surface area (Å²) in [5, 5.41) is 15.6. The van der Waals surface area contributed by atoms with Crippen molar-refractivity contribution in [1.29, 1.82) is 0 Å². The first-order valence-electron chi connectivity index (χ1n) is 6.14. The van der Waals surface area contributed by atoms with Gasteiger partial charge in [-0.3, -0.25) is 0 Å². The van der Waals surface area contributed by atoms with Crippen molar-refractivity contribution in [2.75, 3.05) is 30.9 Å².